The van der Waals surface area contributed by atoms with E-state index in [2.05, 4.69) is 5.32 Å². The highest BCUT2D eigenvalue weighted by Crippen LogP contribution is 2.12. The Bertz CT molecular complexity index is 618. The van der Waals surface area contributed by atoms with Crippen molar-refractivity contribution in [2.75, 3.05) is 0 Å². The average Bonchev–Trinajstić information content (AvgIpc) is 2.32. The fourth-order valence-electron chi connectivity index (χ4n) is 1.79. The van der Waals surface area contributed by atoms with Gasteiger partial charge in [0.2, 0.25) is 5.91 Å². The van der Waals surface area contributed by atoms with Crippen molar-refractivity contribution in [2.24, 2.45) is 0 Å². The Hall–Kier alpha value is -2.38. The first kappa shape index (κ1) is 15.7. The van der Waals surface area contributed by atoms with Crippen molar-refractivity contribution in [2.45, 2.75) is 38.8 Å². The second kappa shape index (κ2) is 6.18. The molecule has 0 aliphatic heterocycles. The number of aromatic amines is 1. The Morgan fingerprint density at radius 3 is 2.60 bits per heavy atom. The Kier molecular flexibility index (Phi) is 4.84. The molecule has 3 N–H and O–H groups in total. The predicted octanol–water partition coefficient (Wildman–Crippen LogP) is -0.704. The van der Waals surface area contributed by atoms with Crippen molar-refractivity contribution in [1.82, 2.24) is 14.9 Å². The summed E-state index contributed by atoms with van der Waals surface area (Å²) < 4.78 is 0.991. The van der Waals surface area contributed by atoms with E-state index in [0.717, 1.165) is 10.6 Å². The lowest BCUT2D eigenvalue weighted by atomic mass is 9.96. The van der Waals surface area contributed by atoms with Gasteiger partial charge in [0.1, 0.15) is 12.1 Å². The first-order valence-electron chi connectivity index (χ1n) is 6.12. The van der Waals surface area contributed by atoms with Gasteiger partial charge in [0, 0.05) is 12.3 Å². The van der Waals surface area contributed by atoms with Gasteiger partial charge in [0.25, 0.3) is 5.56 Å². The molecule has 1 rings (SSSR count). The Labute approximate surface area is 114 Å². The fraction of sp³-hybridized carbons (Fsp3) is 0.500. The van der Waals surface area contributed by atoms with Crippen LogP contribution in [0.15, 0.2) is 21.9 Å². The van der Waals surface area contributed by atoms with Crippen LogP contribution in [-0.2, 0) is 16.1 Å². The number of nitrogens with zero attached hydrogens (tertiary/aromatic N) is 1. The fourth-order valence-corrected chi connectivity index (χ4v) is 1.79. The molecule has 8 nitrogen and oxygen atoms in total. The van der Waals surface area contributed by atoms with Crippen LogP contribution in [0.4, 0.5) is 0 Å². The smallest absolute Gasteiger partial charge is 0.329 e. The number of H-pyrrole nitrogens is 1. The van der Waals surface area contributed by atoms with Crippen LogP contribution in [0.2, 0.25) is 0 Å². The van der Waals surface area contributed by atoms with Gasteiger partial charge in [-0.3, -0.25) is 19.1 Å². The second-order valence-corrected chi connectivity index (χ2v) is 4.67. The van der Waals surface area contributed by atoms with Gasteiger partial charge in [-0.05, 0) is 13.3 Å². The minimum absolute atomic E-state index is 0.272. The topological polar surface area (TPSA) is 121 Å². The van der Waals surface area contributed by atoms with Crippen molar-refractivity contribution in [3.05, 3.63) is 33.1 Å². The van der Waals surface area contributed by atoms with E-state index in [4.69, 9.17) is 5.11 Å². The standard InChI is InChI=1S/C12H17N3O5/c1-3-5-12(2,10(18)19)14-9(17)7-15-6-4-8(16)13-11(15)20/h4,6H,3,5,7H2,1-2H3,(H,14,17)(H,18,19)(H,13,16,20). The second-order valence-electron chi connectivity index (χ2n) is 4.67. The van der Waals surface area contributed by atoms with E-state index in [1.807, 2.05) is 4.98 Å². The molecule has 0 aromatic carbocycles. The van der Waals surface area contributed by atoms with Gasteiger partial charge in [0.05, 0.1) is 0 Å². The first-order chi connectivity index (χ1) is 9.28. The van der Waals surface area contributed by atoms with Gasteiger partial charge in [-0.15, -0.1) is 0 Å². The van der Waals surface area contributed by atoms with Crippen LogP contribution >= 0.6 is 0 Å². The first-order valence-corrected chi connectivity index (χ1v) is 6.12. The van der Waals surface area contributed by atoms with Crippen molar-refractivity contribution >= 4 is 11.9 Å². The molecule has 0 aliphatic rings. The van der Waals surface area contributed by atoms with Crippen LogP contribution in [0, 0.1) is 0 Å². The van der Waals surface area contributed by atoms with E-state index in [0.29, 0.717) is 6.42 Å². The summed E-state index contributed by atoms with van der Waals surface area (Å²) in [4.78, 5) is 47.3. The maximum Gasteiger partial charge on any atom is 0.329 e. The molecule has 0 spiro atoms. The third-order valence-electron chi connectivity index (χ3n) is 2.85. The molecule has 0 saturated heterocycles. The van der Waals surface area contributed by atoms with Gasteiger partial charge < -0.3 is 10.4 Å². The van der Waals surface area contributed by atoms with Crippen molar-refractivity contribution < 1.29 is 14.7 Å². The van der Waals surface area contributed by atoms with Crippen LogP contribution in [0.25, 0.3) is 0 Å². The molecule has 110 valence electrons. The molecule has 1 heterocycles. The zero-order chi connectivity index (χ0) is 15.3. The number of carbonyl (C=O) groups is 2. The summed E-state index contributed by atoms with van der Waals surface area (Å²) in [5.74, 6) is -1.75. The molecular formula is C12H17N3O5. The van der Waals surface area contributed by atoms with Crippen molar-refractivity contribution in [3.63, 3.8) is 0 Å². The van der Waals surface area contributed by atoms with Gasteiger partial charge >= 0.3 is 11.7 Å². The SMILES string of the molecule is CCCC(C)(NC(=O)Cn1ccc(=O)[nH]c1=O)C(=O)O. The largest absolute Gasteiger partial charge is 0.480 e. The number of rotatable bonds is 6. The van der Waals surface area contributed by atoms with Gasteiger partial charge in [0.15, 0.2) is 0 Å². The molecule has 0 fully saturated rings. The predicted molar refractivity (Wildman–Crippen MR) is 70.4 cm³/mol. The molecule has 1 aromatic rings. The molecule has 0 saturated carbocycles. The molecule has 1 unspecified atom stereocenters. The lowest BCUT2D eigenvalue weighted by Gasteiger charge is -2.25. The Balaban J connectivity index is 2.83. The number of nitrogens with one attached hydrogen (secondary N) is 2. The lowest BCUT2D eigenvalue weighted by molar-refractivity contribution is -0.147. The van der Waals surface area contributed by atoms with Crippen LogP contribution in [0.5, 0.6) is 0 Å². The number of amides is 1. The summed E-state index contributed by atoms with van der Waals surface area (Å²) in [7, 11) is 0. The highest BCUT2D eigenvalue weighted by molar-refractivity contribution is 5.86. The highest BCUT2D eigenvalue weighted by atomic mass is 16.4. The Morgan fingerprint density at radius 2 is 2.10 bits per heavy atom. The normalized spacial score (nSPS) is 13.5. The molecule has 8 heteroatoms. The van der Waals surface area contributed by atoms with Gasteiger partial charge in [-0.1, -0.05) is 13.3 Å². The molecule has 0 radical (unpaired) electrons. The summed E-state index contributed by atoms with van der Waals surface area (Å²) in [5, 5.41) is 11.5. The minimum atomic E-state index is -1.38. The van der Waals surface area contributed by atoms with Crippen molar-refractivity contribution in [3.8, 4) is 0 Å². The number of carboxylic acid groups (broad SMARTS) is 1. The summed E-state index contributed by atoms with van der Waals surface area (Å²) in [6.07, 6.45) is 2.04. The van der Waals surface area contributed by atoms with E-state index in [1.54, 1.807) is 6.92 Å². The highest BCUT2D eigenvalue weighted by Gasteiger charge is 2.33. The molecule has 1 atom stereocenters. The third kappa shape index (κ3) is 3.81. The Morgan fingerprint density at radius 1 is 1.45 bits per heavy atom. The van der Waals surface area contributed by atoms with E-state index < -0.39 is 28.7 Å². The number of hydrogen-bond donors (Lipinski definition) is 3. The summed E-state index contributed by atoms with van der Waals surface area (Å²) >= 11 is 0. The summed E-state index contributed by atoms with van der Waals surface area (Å²) in [6.45, 7) is 2.86. The number of carboxylic acids is 1. The average molecular weight is 283 g/mol. The zero-order valence-corrected chi connectivity index (χ0v) is 11.3. The van der Waals surface area contributed by atoms with Crippen LogP contribution in [0.3, 0.4) is 0 Å². The zero-order valence-electron chi connectivity index (χ0n) is 11.3. The maximum atomic E-state index is 11.8. The molecule has 1 amide bonds. The van der Waals surface area contributed by atoms with Gasteiger partial charge in [-0.2, -0.15) is 0 Å². The number of aliphatic carboxylic acids is 1. The monoisotopic (exact) mass is 283 g/mol. The van der Waals surface area contributed by atoms with Crippen molar-refractivity contribution in [1.29, 1.82) is 0 Å². The lowest BCUT2D eigenvalue weighted by Crippen LogP contribution is -2.53. The summed E-state index contributed by atoms with van der Waals surface area (Å²) in [5.41, 5.74) is -2.66. The molecule has 20 heavy (non-hydrogen) atoms. The molecule has 0 bridgehead atoms. The molecular weight excluding hydrogens is 266 g/mol. The van der Waals surface area contributed by atoms with E-state index in [1.165, 1.54) is 13.1 Å². The number of hydrogen-bond acceptors (Lipinski definition) is 4. The quantitative estimate of drug-likeness (QED) is 0.637. The van der Waals surface area contributed by atoms with E-state index >= 15 is 0 Å². The minimum Gasteiger partial charge on any atom is -0.480 e. The molecule has 1 aromatic heterocycles. The number of aromatic nitrogens is 2. The third-order valence-corrected chi connectivity index (χ3v) is 2.85. The van der Waals surface area contributed by atoms with E-state index in [-0.39, 0.29) is 13.0 Å². The van der Waals surface area contributed by atoms with E-state index in [9.17, 15) is 19.2 Å². The summed E-state index contributed by atoms with van der Waals surface area (Å²) in [6, 6.07) is 1.11. The molecule has 0 aliphatic carbocycles. The van der Waals surface area contributed by atoms with Crippen LogP contribution < -0.4 is 16.6 Å². The van der Waals surface area contributed by atoms with Gasteiger partial charge in [-0.25, -0.2) is 9.59 Å². The maximum absolute atomic E-state index is 11.8. The number of carbonyl (C=O) groups excluding carboxylic acids is 1. The van der Waals surface area contributed by atoms with Crippen LogP contribution in [-0.4, -0.2) is 32.1 Å². The van der Waals surface area contributed by atoms with Crippen LogP contribution in [0.1, 0.15) is 26.7 Å².